The van der Waals surface area contributed by atoms with Crippen molar-refractivity contribution in [1.29, 1.82) is 0 Å². The van der Waals surface area contributed by atoms with Crippen LogP contribution in [0.1, 0.15) is 23.3 Å². The molecule has 0 aliphatic rings. The van der Waals surface area contributed by atoms with E-state index in [0.717, 1.165) is 39.2 Å². The van der Waals surface area contributed by atoms with Crippen molar-refractivity contribution in [2.24, 2.45) is 7.05 Å². The molecule has 5 aromatic rings. The number of nitrogens with one attached hydrogen (secondary N) is 2. The van der Waals surface area contributed by atoms with Gasteiger partial charge in [-0.3, -0.25) is 14.8 Å². The summed E-state index contributed by atoms with van der Waals surface area (Å²) in [4.78, 5) is 25.4. The Kier molecular flexibility index (Phi) is 6.66. The summed E-state index contributed by atoms with van der Waals surface area (Å²) in [5.41, 5.74) is 6.78. The van der Waals surface area contributed by atoms with E-state index in [1.807, 2.05) is 67.9 Å². The SMILES string of the molecule is CNC(=O)c1cc(Oc2ccc3c(c2)nc(Nc2cc(-c4ccc(C)nc4C)ccc2OC)n3C)ccn1.[HH]. The molecule has 0 atom stereocenters. The van der Waals surface area contributed by atoms with Crippen LogP contribution in [0.5, 0.6) is 17.2 Å². The first-order chi connectivity index (χ1) is 18.4. The number of hydrogen-bond donors (Lipinski definition) is 2. The Morgan fingerprint density at radius 1 is 0.974 bits per heavy atom. The van der Waals surface area contributed by atoms with Crippen LogP contribution in [-0.2, 0) is 7.05 Å². The number of amides is 1. The van der Waals surface area contributed by atoms with Crippen LogP contribution in [0.2, 0.25) is 0 Å². The minimum Gasteiger partial charge on any atom is -0.495 e. The fourth-order valence-electron chi connectivity index (χ4n) is 4.30. The van der Waals surface area contributed by atoms with E-state index in [1.54, 1.807) is 26.3 Å². The smallest absolute Gasteiger partial charge is 0.269 e. The largest absolute Gasteiger partial charge is 0.495 e. The predicted octanol–water partition coefficient (Wildman–Crippen LogP) is 5.80. The van der Waals surface area contributed by atoms with Crippen LogP contribution < -0.4 is 20.1 Å². The molecular weight excluding hydrogens is 480 g/mol. The standard InChI is InChI=1S/C29H28N6O3.H2/c1-17-6-9-22(18(2)32-17)19-7-11-27(37-5)24(14-19)34-29-33-23-15-20(8-10-26(23)35(29)4)38-21-12-13-31-25(16-21)28(36)30-3;/h6-16H,1-5H3,(H,30,36)(H,33,34);1H. The van der Waals surface area contributed by atoms with Crippen LogP contribution in [0.3, 0.4) is 0 Å². The monoisotopic (exact) mass is 510 g/mol. The summed E-state index contributed by atoms with van der Waals surface area (Å²) in [6.07, 6.45) is 1.54. The first kappa shape index (κ1) is 24.8. The Hall–Kier alpha value is -4.92. The van der Waals surface area contributed by atoms with Crippen LogP contribution in [0, 0.1) is 13.8 Å². The minimum absolute atomic E-state index is 0. The van der Waals surface area contributed by atoms with Crippen molar-refractivity contribution in [2.75, 3.05) is 19.5 Å². The Balaban J connectivity index is 0.00000353. The van der Waals surface area contributed by atoms with Crippen molar-refractivity contribution < 1.29 is 15.7 Å². The molecule has 0 unspecified atom stereocenters. The fraction of sp³-hybridized carbons (Fsp3) is 0.172. The van der Waals surface area contributed by atoms with Crippen molar-refractivity contribution in [3.05, 3.63) is 83.9 Å². The van der Waals surface area contributed by atoms with E-state index in [9.17, 15) is 4.79 Å². The molecule has 0 spiro atoms. The maximum atomic E-state index is 11.9. The van der Waals surface area contributed by atoms with Gasteiger partial charge in [0.05, 0.1) is 23.8 Å². The lowest BCUT2D eigenvalue weighted by atomic mass is 10.0. The van der Waals surface area contributed by atoms with E-state index in [-0.39, 0.29) is 13.0 Å². The van der Waals surface area contributed by atoms with Gasteiger partial charge in [-0.1, -0.05) is 12.1 Å². The van der Waals surface area contributed by atoms with E-state index in [4.69, 9.17) is 14.5 Å². The molecule has 1 amide bonds. The number of carbonyl (C=O) groups excluding carboxylic acids is 1. The van der Waals surface area contributed by atoms with Crippen LogP contribution >= 0.6 is 0 Å². The number of nitrogens with zero attached hydrogens (tertiary/aromatic N) is 4. The summed E-state index contributed by atoms with van der Waals surface area (Å²) in [6.45, 7) is 4.00. The first-order valence-electron chi connectivity index (χ1n) is 12.1. The van der Waals surface area contributed by atoms with Crippen molar-refractivity contribution in [2.45, 2.75) is 13.8 Å². The Labute approximate surface area is 222 Å². The third-order valence-corrected chi connectivity index (χ3v) is 6.26. The van der Waals surface area contributed by atoms with Crippen LogP contribution in [0.25, 0.3) is 22.2 Å². The quantitative estimate of drug-likeness (QED) is 0.285. The molecule has 9 heteroatoms. The zero-order valence-corrected chi connectivity index (χ0v) is 21.9. The maximum Gasteiger partial charge on any atom is 0.269 e. The molecular formula is C29H30N6O3. The third-order valence-electron chi connectivity index (χ3n) is 6.26. The Morgan fingerprint density at radius 2 is 1.79 bits per heavy atom. The van der Waals surface area contributed by atoms with Crippen LogP contribution in [0.4, 0.5) is 11.6 Å². The number of aryl methyl sites for hydroxylation is 3. The third kappa shape index (κ3) is 4.86. The first-order valence-corrected chi connectivity index (χ1v) is 12.1. The number of methoxy groups -OCH3 is 1. The number of anilines is 2. The second-order valence-electron chi connectivity index (χ2n) is 8.83. The van der Waals surface area contributed by atoms with Gasteiger partial charge in [0, 0.05) is 50.8 Å². The van der Waals surface area contributed by atoms with E-state index in [1.165, 1.54) is 6.20 Å². The number of rotatable bonds is 7. The highest BCUT2D eigenvalue weighted by Gasteiger charge is 2.14. The Morgan fingerprint density at radius 3 is 2.55 bits per heavy atom. The molecule has 0 saturated heterocycles. The molecule has 2 N–H and O–H groups in total. The maximum absolute atomic E-state index is 11.9. The number of imidazole rings is 1. The van der Waals surface area contributed by atoms with Gasteiger partial charge >= 0.3 is 0 Å². The zero-order valence-electron chi connectivity index (χ0n) is 21.9. The second-order valence-corrected chi connectivity index (χ2v) is 8.83. The van der Waals surface area contributed by atoms with Crippen molar-refractivity contribution in [3.63, 3.8) is 0 Å². The lowest BCUT2D eigenvalue weighted by Crippen LogP contribution is -2.18. The number of benzene rings is 2. The number of carbonyl (C=O) groups is 1. The molecule has 0 bridgehead atoms. The molecule has 0 aliphatic carbocycles. The summed E-state index contributed by atoms with van der Waals surface area (Å²) in [6, 6.07) is 19.1. The van der Waals surface area contributed by atoms with Gasteiger partial charge in [0.2, 0.25) is 5.95 Å². The average Bonchev–Trinajstić information content (AvgIpc) is 3.22. The highest BCUT2D eigenvalue weighted by Crippen LogP contribution is 2.35. The van der Waals surface area contributed by atoms with Gasteiger partial charge in [0.25, 0.3) is 5.91 Å². The average molecular weight is 511 g/mol. The summed E-state index contributed by atoms with van der Waals surface area (Å²) < 4.78 is 13.6. The number of aromatic nitrogens is 4. The van der Waals surface area contributed by atoms with Crippen LogP contribution in [-0.4, -0.2) is 39.6 Å². The van der Waals surface area contributed by atoms with Gasteiger partial charge in [-0.25, -0.2) is 4.98 Å². The van der Waals surface area contributed by atoms with Crippen molar-refractivity contribution in [1.82, 2.24) is 24.8 Å². The normalized spacial score (nSPS) is 10.9. The van der Waals surface area contributed by atoms with Gasteiger partial charge in [0.1, 0.15) is 22.9 Å². The zero-order chi connectivity index (χ0) is 26.8. The van der Waals surface area contributed by atoms with Gasteiger partial charge in [-0.2, -0.15) is 0 Å². The molecule has 2 aromatic carbocycles. The van der Waals surface area contributed by atoms with Gasteiger partial charge in [-0.15, -0.1) is 0 Å². The van der Waals surface area contributed by atoms with Gasteiger partial charge < -0.3 is 24.7 Å². The molecule has 3 heterocycles. The highest BCUT2D eigenvalue weighted by molar-refractivity contribution is 5.92. The van der Waals surface area contributed by atoms with Gasteiger partial charge in [0.15, 0.2) is 0 Å². The molecule has 5 rings (SSSR count). The summed E-state index contributed by atoms with van der Waals surface area (Å²) in [5, 5.41) is 5.99. The molecule has 3 aromatic heterocycles. The summed E-state index contributed by atoms with van der Waals surface area (Å²) in [7, 11) is 5.15. The molecule has 9 nitrogen and oxygen atoms in total. The lowest BCUT2D eigenvalue weighted by molar-refractivity contribution is 0.0958. The molecule has 0 aliphatic heterocycles. The molecule has 38 heavy (non-hydrogen) atoms. The topological polar surface area (TPSA) is 103 Å². The van der Waals surface area contributed by atoms with E-state index < -0.39 is 0 Å². The summed E-state index contributed by atoms with van der Waals surface area (Å²) >= 11 is 0. The second kappa shape index (κ2) is 10.2. The predicted molar refractivity (Wildman–Crippen MR) is 150 cm³/mol. The van der Waals surface area contributed by atoms with Crippen LogP contribution in [0.15, 0.2) is 66.9 Å². The molecule has 0 fully saturated rings. The molecule has 194 valence electrons. The number of hydrogen-bond acceptors (Lipinski definition) is 7. The molecule has 0 radical (unpaired) electrons. The molecule has 0 saturated carbocycles. The lowest BCUT2D eigenvalue weighted by Gasteiger charge is -2.14. The minimum atomic E-state index is -0.278. The summed E-state index contributed by atoms with van der Waals surface area (Å²) in [5.74, 6) is 2.18. The number of fused-ring (bicyclic) bond motifs is 1. The highest BCUT2D eigenvalue weighted by atomic mass is 16.5. The van der Waals surface area contributed by atoms with Crippen molar-refractivity contribution >= 4 is 28.6 Å². The van der Waals surface area contributed by atoms with E-state index in [0.29, 0.717) is 23.2 Å². The van der Waals surface area contributed by atoms with E-state index >= 15 is 0 Å². The van der Waals surface area contributed by atoms with Gasteiger partial charge in [-0.05, 0) is 55.8 Å². The van der Waals surface area contributed by atoms with Crippen molar-refractivity contribution in [3.8, 4) is 28.4 Å². The Bertz CT molecular complexity index is 1670. The fourth-order valence-corrected chi connectivity index (χ4v) is 4.30. The van der Waals surface area contributed by atoms with E-state index in [2.05, 4.69) is 26.7 Å². The number of ether oxygens (including phenoxy) is 2. The number of pyridine rings is 2.